The van der Waals surface area contributed by atoms with E-state index in [4.69, 9.17) is 23.9 Å². The first kappa shape index (κ1) is 21.0. The Labute approximate surface area is 185 Å². The van der Waals surface area contributed by atoms with Crippen molar-refractivity contribution < 1.29 is 18.9 Å². The summed E-state index contributed by atoms with van der Waals surface area (Å²) < 4.78 is 23.6. The summed E-state index contributed by atoms with van der Waals surface area (Å²) in [5, 5.41) is 13.9. The van der Waals surface area contributed by atoms with Crippen LogP contribution in [-0.2, 0) is 0 Å². The number of hydrogen-bond acceptors (Lipinski definition) is 7. The van der Waals surface area contributed by atoms with Gasteiger partial charge in [-0.1, -0.05) is 12.1 Å². The number of nitriles is 1. The Morgan fingerprint density at radius 3 is 2.03 bits per heavy atom. The average Bonchev–Trinajstić information content (AvgIpc) is 3.24. The Morgan fingerprint density at radius 2 is 1.50 bits per heavy atom. The summed E-state index contributed by atoms with van der Waals surface area (Å²) in [6.07, 6.45) is 0. The number of aryl methyl sites for hydroxylation is 1. The summed E-state index contributed by atoms with van der Waals surface area (Å²) in [6, 6.07) is 15.2. The third kappa shape index (κ3) is 3.44. The maximum Gasteiger partial charge on any atom is 0.203 e. The number of benzene rings is 2. The fourth-order valence-electron chi connectivity index (χ4n) is 3.76. The molecule has 0 amide bonds. The SMILES string of the molecule is COc1ccc(-c2c(C)nc3cc(C#N)nn3c2-c2cc(OC)c(OC)c(OC)c2)cc1. The number of ether oxygens (including phenoxy) is 4. The van der Waals surface area contributed by atoms with E-state index in [1.165, 1.54) is 0 Å². The van der Waals surface area contributed by atoms with Gasteiger partial charge in [-0.15, -0.1) is 0 Å². The molecule has 0 aliphatic carbocycles. The molecule has 2 aromatic heterocycles. The van der Waals surface area contributed by atoms with Gasteiger partial charge in [0, 0.05) is 22.9 Å². The molecule has 162 valence electrons. The molecular weight excluding hydrogens is 408 g/mol. The highest BCUT2D eigenvalue weighted by Gasteiger charge is 2.22. The van der Waals surface area contributed by atoms with Crippen LogP contribution < -0.4 is 18.9 Å². The fourth-order valence-corrected chi connectivity index (χ4v) is 3.76. The molecule has 0 N–H and O–H groups in total. The van der Waals surface area contributed by atoms with Crippen LogP contribution in [0.2, 0.25) is 0 Å². The van der Waals surface area contributed by atoms with Crippen molar-refractivity contribution >= 4 is 5.65 Å². The van der Waals surface area contributed by atoms with Gasteiger partial charge in [-0.05, 0) is 36.8 Å². The zero-order valence-electron chi connectivity index (χ0n) is 18.5. The third-order valence-electron chi connectivity index (χ3n) is 5.21. The number of fused-ring (bicyclic) bond motifs is 1. The van der Waals surface area contributed by atoms with Crippen molar-refractivity contribution in [2.45, 2.75) is 6.92 Å². The van der Waals surface area contributed by atoms with Crippen LogP contribution in [0.15, 0.2) is 42.5 Å². The van der Waals surface area contributed by atoms with Crippen LogP contribution in [-0.4, -0.2) is 43.0 Å². The Bertz CT molecular complexity index is 1310. The van der Waals surface area contributed by atoms with Gasteiger partial charge in [-0.2, -0.15) is 10.4 Å². The normalized spacial score (nSPS) is 10.6. The minimum atomic E-state index is 0.275. The summed E-state index contributed by atoms with van der Waals surface area (Å²) in [4.78, 5) is 4.70. The summed E-state index contributed by atoms with van der Waals surface area (Å²) in [6.45, 7) is 1.93. The lowest BCUT2D eigenvalue weighted by Gasteiger charge is -2.18. The first-order chi connectivity index (χ1) is 15.5. The minimum absolute atomic E-state index is 0.275. The lowest BCUT2D eigenvalue weighted by Crippen LogP contribution is -2.04. The molecule has 2 heterocycles. The first-order valence-corrected chi connectivity index (χ1v) is 9.79. The number of rotatable bonds is 6. The summed E-state index contributed by atoms with van der Waals surface area (Å²) in [7, 11) is 6.33. The topological polar surface area (TPSA) is 90.9 Å². The molecule has 2 aromatic carbocycles. The molecule has 32 heavy (non-hydrogen) atoms. The van der Waals surface area contributed by atoms with Gasteiger partial charge >= 0.3 is 0 Å². The summed E-state index contributed by atoms with van der Waals surface area (Å²) in [5.41, 5.74) is 4.94. The van der Waals surface area contributed by atoms with E-state index < -0.39 is 0 Å². The van der Waals surface area contributed by atoms with Crippen molar-refractivity contribution in [1.29, 1.82) is 5.26 Å². The number of nitrogens with zero attached hydrogens (tertiary/aromatic N) is 4. The van der Waals surface area contributed by atoms with E-state index in [2.05, 4.69) is 11.2 Å². The molecule has 8 heteroatoms. The maximum atomic E-state index is 9.42. The second-order valence-electron chi connectivity index (χ2n) is 6.97. The molecule has 0 saturated carbocycles. The lowest BCUT2D eigenvalue weighted by atomic mass is 9.97. The molecule has 0 aliphatic rings. The van der Waals surface area contributed by atoms with Gasteiger partial charge in [0.25, 0.3) is 0 Å². The van der Waals surface area contributed by atoms with E-state index in [0.29, 0.717) is 22.9 Å². The molecule has 8 nitrogen and oxygen atoms in total. The molecule has 0 unspecified atom stereocenters. The van der Waals surface area contributed by atoms with Crippen LogP contribution in [0, 0.1) is 18.3 Å². The molecule has 4 rings (SSSR count). The highest BCUT2D eigenvalue weighted by atomic mass is 16.5. The molecule has 4 aromatic rings. The molecular formula is C24H22N4O4. The van der Waals surface area contributed by atoms with Crippen molar-refractivity contribution in [1.82, 2.24) is 14.6 Å². The van der Waals surface area contributed by atoms with Gasteiger partial charge in [0.05, 0.1) is 34.1 Å². The second kappa shape index (κ2) is 8.47. The van der Waals surface area contributed by atoms with E-state index in [0.717, 1.165) is 33.8 Å². The molecule has 0 bridgehead atoms. The molecule has 0 spiro atoms. The van der Waals surface area contributed by atoms with Gasteiger partial charge in [-0.3, -0.25) is 0 Å². The van der Waals surface area contributed by atoms with Crippen molar-refractivity contribution in [3.05, 3.63) is 53.9 Å². The monoisotopic (exact) mass is 430 g/mol. The molecule has 0 radical (unpaired) electrons. The van der Waals surface area contributed by atoms with Crippen LogP contribution in [0.25, 0.3) is 28.0 Å². The molecule has 0 fully saturated rings. The standard InChI is InChI=1S/C24H22N4O4/c1-14-22(15-6-8-18(29-2)9-7-15)23(28-21(26-14)12-17(13-25)27-28)16-10-19(30-3)24(32-5)20(11-16)31-4/h6-12H,1-5H3. The van der Waals surface area contributed by atoms with Gasteiger partial charge in [0.15, 0.2) is 22.8 Å². The van der Waals surface area contributed by atoms with E-state index in [9.17, 15) is 5.26 Å². The zero-order chi connectivity index (χ0) is 22.8. The van der Waals surface area contributed by atoms with Gasteiger partial charge < -0.3 is 18.9 Å². The highest BCUT2D eigenvalue weighted by Crippen LogP contribution is 2.44. The lowest BCUT2D eigenvalue weighted by molar-refractivity contribution is 0.324. The zero-order valence-corrected chi connectivity index (χ0v) is 18.5. The van der Waals surface area contributed by atoms with Crippen molar-refractivity contribution in [3.8, 4) is 51.5 Å². The minimum Gasteiger partial charge on any atom is -0.497 e. The van der Waals surface area contributed by atoms with Crippen LogP contribution in [0.4, 0.5) is 0 Å². The quantitative estimate of drug-likeness (QED) is 0.451. The predicted molar refractivity (Wildman–Crippen MR) is 120 cm³/mol. The average molecular weight is 430 g/mol. The second-order valence-corrected chi connectivity index (χ2v) is 6.97. The Hall–Kier alpha value is -4.25. The fraction of sp³-hybridized carbons (Fsp3) is 0.208. The largest absolute Gasteiger partial charge is 0.497 e. The maximum absolute atomic E-state index is 9.42. The van der Waals surface area contributed by atoms with Crippen LogP contribution >= 0.6 is 0 Å². The van der Waals surface area contributed by atoms with Gasteiger partial charge in [0.1, 0.15) is 11.8 Å². The molecule has 0 saturated heterocycles. The smallest absolute Gasteiger partial charge is 0.203 e. The van der Waals surface area contributed by atoms with E-state index >= 15 is 0 Å². The number of methoxy groups -OCH3 is 4. The van der Waals surface area contributed by atoms with Gasteiger partial charge in [0.2, 0.25) is 5.75 Å². The van der Waals surface area contributed by atoms with Crippen molar-refractivity contribution in [3.63, 3.8) is 0 Å². The van der Waals surface area contributed by atoms with Gasteiger partial charge in [-0.25, -0.2) is 9.50 Å². The summed E-state index contributed by atoms with van der Waals surface area (Å²) in [5.74, 6) is 2.26. The molecule has 0 aliphatic heterocycles. The Balaban J connectivity index is 2.11. The Kier molecular flexibility index (Phi) is 5.56. The van der Waals surface area contributed by atoms with E-state index in [-0.39, 0.29) is 5.69 Å². The van der Waals surface area contributed by atoms with Crippen molar-refractivity contribution in [2.24, 2.45) is 0 Å². The van der Waals surface area contributed by atoms with Crippen LogP contribution in [0.1, 0.15) is 11.4 Å². The number of aromatic nitrogens is 3. The third-order valence-corrected chi connectivity index (χ3v) is 5.21. The Morgan fingerprint density at radius 1 is 0.844 bits per heavy atom. The molecule has 0 atom stereocenters. The van der Waals surface area contributed by atoms with E-state index in [1.54, 1.807) is 39.0 Å². The van der Waals surface area contributed by atoms with Crippen LogP contribution in [0.3, 0.4) is 0 Å². The van der Waals surface area contributed by atoms with Crippen LogP contribution in [0.5, 0.6) is 23.0 Å². The highest BCUT2D eigenvalue weighted by molar-refractivity contribution is 5.86. The van der Waals surface area contributed by atoms with Crippen molar-refractivity contribution in [2.75, 3.05) is 28.4 Å². The predicted octanol–water partition coefficient (Wildman–Crippen LogP) is 4.28. The summed E-state index contributed by atoms with van der Waals surface area (Å²) >= 11 is 0. The number of hydrogen-bond donors (Lipinski definition) is 0. The first-order valence-electron chi connectivity index (χ1n) is 9.79. The van der Waals surface area contributed by atoms with E-state index in [1.807, 2.05) is 43.3 Å².